The van der Waals surface area contributed by atoms with Crippen LogP contribution >= 0.6 is 11.5 Å². The molecule has 0 saturated carbocycles. The molecule has 0 spiro atoms. The third-order valence-corrected chi connectivity index (χ3v) is 5.90. The summed E-state index contributed by atoms with van der Waals surface area (Å²) in [5.41, 5.74) is 1.50. The summed E-state index contributed by atoms with van der Waals surface area (Å²) in [5, 5.41) is 29.7. The first-order valence-corrected chi connectivity index (χ1v) is 10.9. The highest BCUT2D eigenvalue weighted by Gasteiger charge is 2.21. The number of phenols is 1. The lowest BCUT2D eigenvalue weighted by Gasteiger charge is -2.13. The number of hydrogen-bond donors (Lipinski definition) is 3. The Kier molecular flexibility index (Phi) is 4.86. The number of sulfonamides is 1. The van der Waals surface area contributed by atoms with Gasteiger partial charge in [0.05, 0.1) is 11.1 Å². The lowest BCUT2D eigenvalue weighted by molar-refractivity contribution is 0.465. The number of hydrogen-bond acceptors (Lipinski definition) is 9. The van der Waals surface area contributed by atoms with Crippen LogP contribution in [0.1, 0.15) is 6.92 Å². The van der Waals surface area contributed by atoms with Gasteiger partial charge in [0.25, 0.3) is 0 Å². The summed E-state index contributed by atoms with van der Waals surface area (Å²) in [6, 6.07) is 9.94. The number of nitrogens with zero attached hydrogens (tertiary/aromatic N) is 4. The van der Waals surface area contributed by atoms with Gasteiger partial charge < -0.3 is 10.4 Å². The molecule has 4 rings (SSSR count). The maximum absolute atomic E-state index is 12.0. The number of fused-ring (bicyclic) bond motifs is 2. The van der Waals surface area contributed by atoms with Crippen LogP contribution in [0.4, 0.5) is 16.4 Å². The average molecular weight is 428 g/mol. The van der Waals surface area contributed by atoms with E-state index < -0.39 is 20.7 Å². The smallest absolute Gasteiger partial charge is 0.241 e. The predicted molar refractivity (Wildman–Crippen MR) is 113 cm³/mol. The number of aromatic nitrogens is 2. The fourth-order valence-electron chi connectivity index (χ4n) is 3.00. The SMILES string of the molecule is CCNc1cccc2c(O)c(S(N)(=O)=O)cc(N=Nc3snc4ncccc34)c12. The zero-order valence-corrected chi connectivity index (χ0v) is 16.8. The number of anilines is 1. The fraction of sp³-hybridized carbons (Fsp3) is 0.111. The Balaban J connectivity index is 1.97. The third kappa shape index (κ3) is 3.50. The summed E-state index contributed by atoms with van der Waals surface area (Å²) in [6.07, 6.45) is 1.64. The van der Waals surface area contributed by atoms with E-state index in [0.29, 0.717) is 33.7 Å². The molecule has 0 aliphatic heterocycles. The van der Waals surface area contributed by atoms with Gasteiger partial charge in [-0.3, -0.25) is 0 Å². The van der Waals surface area contributed by atoms with E-state index in [4.69, 9.17) is 5.14 Å². The van der Waals surface area contributed by atoms with Gasteiger partial charge in [0.1, 0.15) is 10.6 Å². The molecular weight excluding hydrogens is 412 g/mol. The Bertz CT molecular complexity index is 1370. The van der Waals surface area contributed by atoms with Crippen molar-refractivity contribution < 1.29 is 13.5 Å². The minimum Gasteiger partial charge on any atom is -0.506 e. The van der Waals surface area contributed by atoms with Gasteiger partial charge in [-0.05, 0) is 42.7 Å². The van der Waals surface area contributed by atoms with Gasteiger partial charge in [-0.2, -0.15) is 4.37 Å². The second-order valence-corrected chi connectivity index (χ2v) is 8.39. The third-order valence-electron chi connectivity index (χ3n) is 4.23. The molecule has 4 aromatic rings. The van der Waals surface area contributed by atoms with E-state index in [1.54, 1.807) is 24.4 Å². The van der Waals surface area contributed by atoms with Gasteiger partial charge in [0.2, 0.25) is 10.0 Å². The number of aromatic hydroxyl groups is 1. The number of azo groups is 1. The van der Waals surface area contributed by atoms with Crippen molar-refractivity contribution in [2.45, 2.75) is 11.8 Å². The second-order valence-electron chi connectivity index (χ2n) is 6.11. The molecule has 29 heavy (non-hydrogen) atoms. The molecule has 0 unspecified atom stereocenters. The van der Waals surface area contributed by atoms with Crippen LogP contribution in [0, 0.1) is 0 Å². The van der Waals surface area contributed by atoms with Crippen molar-refractivity contribution in [1.29, 1.82) is 0 Å². The summed E-state index contributed by atoms with van der Waals surface area (Å²) in [6.45, 7) is 2.55. The van der Waals surface area contributed by atoms with E-state index in [9.17, 15) is 13.5 Å². The van der Waals surface area contributed by atoms with Gasteiger partial charge in [0, 0.05) is 29.2 Å². The largest absolute Gasteiger partial charge is 0.506 e. The van der Waals surface area contributed by atoms with Crippen LogP contribution < -0.4 is 10.5 Å². The Morgan fingerprint density at radius 1 is 1.21 bits per heavy atom. The van der Waals surface area contributed by atoms with Crippen molar-refractivity contribution in [3.8, 4) is 5.75 Å². The normalized spacial score (nSPS) is 12.2. The van der Waals surface area contributed by atoms with Crippen molar-refractivity contribution in [2.75, 3.05) is 11.9 Å². The van der Waals surface area contributed by atoms with Gasteiger partial charge in [-0.1, -0.05) is 12.1 Å². The maximum Gasteiger partial charge on any atom is 0.241 e. The summed E-state index contributed by atoms with van der Waals surface area (Å²) >= 11 is 1.13. The number of primary sulfonamides is 1. The molecule has 2 heterocycles. The standard InChI is InChI=1S/C18H16N6O3S2/c1-2-20-12-7-3-5-10-15(12)13(9-14(16(10)25)29(19,26)27)22-23-18-11-6-4-8-21-17(11)24-28-18/h3-9,20,25H,2H2,1H3,(H2,19,26,27). The minimum atomic E-state index is -4.17. The topological polar surface area (TPSA) is 143 Å². The molecular formula is C18H16N6O3S2. The van der Waals surface area contributed by atoms with Crippen LogP contribution in [0.3, 0.4) is 0 Å². The highest BCUT2D eigenvalue weighted by Crippen LogP contribution is 2.42. The molecule has 0 amide bonds. The van der Waals surface area contributed by atoms with Crippen LogP contribution in [0.15, 0.2) is 57.7 Å². The first kappa shape index (κ1) is 19.2. The summed E-state index contributed by atoms with van der Waals surface area (Å²) < 4.78 is 28.2. The van der Waals surface area contributed by atoms with E-state index >= 15 is 0 Å². The van der Waals surface area contributed by atoms with Crippen molar-refractivity contribution in [1.82, 2.24) is 9.36 Å². The van der Waals surface area contributed by atoms with Crippen molar-refractivity contribution in [3.05, 3.63) is 42.6 Å². The molecule has 2 aromatic carbocycles. The van der Waals surface area contributed by atoms with E-state index in [1.807, 2.05) is 19.1 Å². The van der Waals surface area contributed by atoms with Crippen molar-refractivity contribution in [3.63, 3.8) is 0 Å². The average Bonchev–Trinajstić information content (AvgIpc) is 3.10. The zero-order valence-electron chi connectivity index (χ0n) is 15.2. The molecule has 0 bridgehead atoms. The number of nitrogens with one attached hydrogen (secondary N) is 1. The van der Waals surface area contributed by atoms with Gasteiger partial charge in [-0.25, -0.2) is 18.5 Å². The second kappa shape index (κ2) is 7.35. The summed E-state index contributed by atoms with van der Waals surface area (Å²) in [5.74, 6) is -0.423. The molecule has 0 aliphatic rings. The van der Waals surface area contributed by atoms with Crippen LogP contribution in [0.25, 0.3) is 21.8 Å². The van der Waals surface area contributed by atoms with E-state index in [0.717, 1.165) is 16.9 Å². The Morgan fingerprint density at radius 2 is 2.00 bits per heavy atom. The molecule has 0 radical (unpaired) electrons. The molecule has 0 atom stereocenters. The van der Waals surface area contributed by atoms with Crippen molar-refractivity contribution >= 4 is 59.7 Å². The number of pyridine rings is 1. The van der Waals surface area contributed by atoms with Crippen LogP contribution in [0.2, 0.25) is 0 Å². The molecule has 9 nitrogen and oxygen atoms in total. The molecule has 11 heteroatoms. The molecule has 0 aliphatic carbocycles. The van der Waals surface area contributed by atoms with E-state index in [1.165, 1.54) is 6.07 Å². The Labute approximate surface area is 170 Å². The van der Waals surface area contributed by atoms with Crippen LogP contribution in [-0.2, 0) is 10.0 Å². The van der Waals surface area contributed by atoms with Gasteiger partial charge >= 0.3 is 0 Å². The van der Waals surface area contributed by atoms with E-state index in [2.05, 4.69) is 24.9 Å². The maximum atomic E-state index is 12.0. The first-order valence-electron chi connectivity index (χ1n) is 8.57. The first-order chi connectivity index (χ1) is 13.9. The Morgan fingerprint density at radius 3 is 2.76 bits per heavy atom. The number of benzene rings is 2. The quantitative estimate of drug-likeness (QED) is 0.409. The van der Waals surface area contributed by atoms with Gasteiger partial charge in [0.15, 0.2) is 10.6 Å². The molecule has 148 valence electrons. The lowest BCUT2D eigenvalue weighted by Crippen LogP contribution is -2.12. The number of rotatable bonds is 5. The van der Waals surface area contributed by atoms with Crippen LogP contribution in [-0.4, -0.2) is 29.4 Å². The van der Waals surface area contributed by atoms with Crippen LogP contribution in [0.5, 0.6) is 5.75 Å². The predicted octanol–water partition coefficient (Wildman–Crippen LogP) is 4.04. The summed E-state index contributed by atoms with van der Waals surface area (Å²) in [7, 11) is -4.17. The van der Waals surface area contributed by atoms with Gasteiger partial charge in [-0.15, -0.1) is 10.2 Å². The summed E-state index contributed by atoms with van der Waals surface area (Å²) in [4.78, 5) is 3.75. The molecule has 0 saturated heterocycles. The number of nitrogens with two attached hydrogens (primary N) is 1. The highest BCUT2D eigenvalue weighted by atomic mass is 32.2. The highest BCUT2D eigenvalue weighted by molar-refractivity contribution is 7.89. The van der Waals surface area contributed by atoms with E-state index in [-0.39, 0.29) is 5.69 Å². The lowest BCUT2D eigenvalue weighted by atomic mass is 10.1. The Hall–Kier alpha value is -3.15. The molecule has 4 N–H and O–H groups in total. The monoisotopic (exact) mass is 428 g/mol. The molecule has 2 aromatic heterocycles. The van der Waals surface area contributed by atoms with Crippen molar-refractivity contribution in [2.24, 2.45) is 15.4 Å². The molecule has 0 fully saturated rings. The number of phenolic OH excluding ortho intramolecular Hbond substituents is 1. The fourth-order valence-corrected chi connectivity index (χ4v) is 4.31. The minimum absolute atomic E-state index is 0.254. The zero-order chi connectivity index (χ0) is 20.6.